The molecule has 1 saturated carbocycles. The normalized spacial score (nSPS) is 26.5. The van der Waals surface area contributed by atoms with Gasteiger partial charge in [-0.05, 0) is 36.0 Å². The Balaban J connectivity index is 2.56. The largest absolute Gasteiger partial charge is 0.481 e. The van der Waals surface area contributed by atoms with Crippen molar-refractivity contribution in [3.05, 3.63) is 33.8 Å². The van der Waals surface area contributed by atoms with Crippen LogP contribution in [-0.4, -0.2) is 11.1 Å². The second kappa shape index (κ2) is 3.33. The van der Waals surface area contributed by atoms with E-state index in [-0.39, 0.29) is 5.41 Å². The van der Waals surface area contributed by atoms with E-state index in [1.165, 1.54) is 0 Å². The van der Waals surface area contributed by atoms with Crippen molar-refractivity contribution in [2.75, 3.05) is 0 Å². The molecule has 1 aromatic rings. The lowest BCUT2D eigenvalue weighted by Crippen LogP contribution is -2.26. The smallest absolute Gasteiger partial charge is 0.314 e. The summed E-state index contributed by atoms with van der Waals surface area (Å²) >= 11 is 3.48. The van der Waals surface area contributed by atoms with Crippen molar-refractivity contribution in [3.63, 3.8) is 0 Å². The minimum atomic E-state index is -0.720. The summed E-state index contributed by atoms with van der Waals surface area (Å²) in [6.07, 6.45) is 0.705. The molecule has 0 heterocycles. The highest BCUT2D eigenvalue weighted by atomic mass is 79.9. The van der Waals surface area contributed by atoms with Crippen molar-refractivity contribution in [2.45, 2.75) is 32.6 Å². The van der Waals surface area contributed by atoms with Crippen LogP contribution < -0.4 is 0 Å². The first kappa shape index (κ1) is 11.6. The number of aliphatic carboxylic acids is 1. The maximum atomic E-state index is 11.5. The molecule has 1 fully saturated rings. The molecule has 0 aliphatic heterocycles. The summed E-state index contributed by atoms with van der Waals surface area (Å²) in [4.78, 5) is 11.5. The Hall–Kier alpha value is -0.830. The third kappa shape index (κ3) is 1.41. The standard InChI is InChI=1S/C13H15BrO2/c1-8-4-5-9(10(14)6-8)13(11(15)16)7-12(13,2)3/h4-6H,7H2,1-3H3,(H,15,16). The number of halogens is 1. The molecule has 3 heteroatoms. The molecule has 0 aromatic heterocycles. The van der Waals surface area contributed by atoms with E-state index < -0.39 is 11.4 Å². The van der Waals surface area contributed by atoms with Crippen LogP contribution in [0, 0.1) is 12.3 Å². The maximum Gasteiger partial charge on any atom is 0.314 e. The molecule has 0 spiro atoms. The van der Waals surface area contributed by atoms with E-state index in [1.807, 2.05) is 39.0 Å². The first-order valence-corrected chi connectivity index (χ1v) is 6.10. The second-order valence-electron chi connectivity index (χ2n) is 5.25. The molecule has 1 atom stereocenters. The molecule has 0 bridgehead atoms. The fourth-order valence-electron chi connectivity index (χ4n) is 2.53. The highest BCUT2D eigenvalue weighted by Gasteiger charge is 2.68. The molecule has 1 unspecified atom stereocenters. The minimum Gasteiger partial charge on any atom is -0.481 e. The SMILES string of the molecule is Cc1ccc(C2(C(=O)O)CC2(C)C)c(Br)c1. The lowest BCUT2D eigenvalue weighted by Gasteiger charge is -2.18. The summed E-state index contributed by atoms with van der Waals surface area (Å²) in [7, 11) is 0. The van der Waals surface area contributed by atoms with Crippen LogP contribution in [0.5, 0.6) is 0 Å². The third-order valence-electron chi connectivity index (χ3n) is 3.69. The Morgan fingerprint density at radius 1 is 1.44 bits per heavy atom. The Morgan fingerprint density at radius 3 is 2.38 bits per heavy atom. The monoisotopic (exact) mass is 282 g/mol. The summed E-state index contributed by atoms with van der Waals surface area (Å²) in [5.74, 6) is -0.720. The average Bonchev–Trinajstić information content (AvgIpc) is 2.70. The first-order valence-electron chi connectivity index (χ1n) is 5.31. The van der Waals surface area contributed by atoms with E-state index in [9.17, 15) is 9.90 Å². The van der Waals surface area contributed by atoms with Gasteiger partial charge in [0, 0.05) is 4.47 Å². The van der Waals surface area contributed by atoms with E-state index in [0.717, 1.165) is 15.6 Å². The van der Waals surface area contributed by atoms with E-state index >= 15 is 0 Å². The van der Waals surface area contributed by atoms with E-state index in [0.29, 0.717) is 6.42 Å². The predicted octanol–water partition coefficient (Wildman–Crippen LogP) is 3.51. The Kier molecular flexibility index (Phi) is 2.42. The molecule has 16 heavy (non-hydrogen) atoms. The van der Waals surface area contributed by atoms with Crippen LogP contribution in [0.1, 0.15) is 31.4 Å². The van der Waals surface area contributed by atoms with Crippen molar-refractivity contribution in [2.24, 2.45) is 5.41 Å². The molecule has 1 aliphatic carbocycles. The zero-order valence-corrected chi connectivity index (χ0v) is 11.3. The van der Waals surface area contributed by atoms with Gasteiger partial charge in [0.1, 0.15) is 0 Å². The van der Waals surface area contributed by atoms with Gasteiger partial charge in [0.25, 0.3) is 0 Å². The molecule has 1 N–H and O–H groups in total. The van der Waals surface area contributed by atoms with Gasteiger partial charge in [-0.15, -0.1) is 0 Å². The third-order valence-corrected chi connectivity index (χ3v) is 4.34. The lowest BCUT2D eigenvalue weighted by molar-refractivity contribution is -0.141. The van der Waals surface area contributed by atoms with Gasteiger partial charge in [-0.25, -0.2) is 0 Å². The second-order valence-corrected chi connectivity index (χ2v) is 6.11. The highest BCUT2D eigenvalue weighted by molar-refractivity contribution is 9.10. The van der Waals surface area contributed by atoms with Crippen molar-refractivity contribution >= 4 is 21.9 Å². The van der Waals surface area contributed by atoms with Crippen LogP contribution in [0.15, 0.2) is 22.7 Å². The molecule has 86 valence electrons. The molecule has 1 aromatic carbocycles. The van der Waals surface area contributed by atoms with E-state index in [4.69, 9.17) is 0 Å². The summed E-state index contributed by atoms with van der Waals surface area (Å²) in [6, 6.07) is 5.88. The molecule has 1 aliphatic rings. The van der Waals surface area contributed by atoms with Crippen LogP contribution >= 0.6 is 15.9 Å². The molecule has 2 rings (SSSR count). The summed E-state index contributed by atoms with van der Waals surface area (Å²) in [6.45, 7) is 6.01. The van der Waals surface area contributed by atoms with Gasteiger partial charge >= 0.3 is 5.97 Å². The average molecular weight is 283 g/mol. The highest BCUT2D eigenvalue weighted by Crippen LogP contribution is 2.65. The van der Waals surface area contributed by atoms with Gasteiger partial charge in [0.05, 0.1) is 5.41 Å². The number of carboxylic acid groups (broad SMARTS) is 1. The molecule has 0 radical (unpaired) electrons. The lowest BCUT2D eigenvalue weighted by atomic mass is 9.87. The molecule has 0 amide bonds. The van der Waals surface area contributed by atoms with E-state index in [1.54, 1.807) is 0 Å². The van der Waals surface area contributed by atoms with Crippen molar-refractivity contribution in [1.82, 2.24) is 0 Å². The van der Waals surface area contributed by atoms with Crippen molar-refractivity contribution < 1.29 is 9.90 Å². The molecular weight excluding hydrogens is 268 g/mol. The number of benzene rings is 1. The zero-order chi connectivity index (χ0) is 12.1. The predicted molar refractivity (Wildman–Crippen MR) is 66.6 cm³/mol. The molecule has 2 nitrogen and oxygen atoms in total. The van der Waals surface area contributed by atoms with Gasteiger partial charge in [0.15, 0.2) is 0 Å². The van der Waals surface area contributed by atoms with Gasteiger partial charge < -0.3 is 5.11 Å². The van der Waals surface area contributed by atoms with E-state index in [2.05, 4.69) is 15.9 Å². The zero-order valence-electron chi connectivity index (χ0n) is 9.67. The minimum absolute atomic E-state index is 0.156. The Labute approximate surface area is 104 Å². The first-order chi connectivity index (χ1) is 7.31. The van der Waals surface area contributed by atoms with Gasteiger partial charge in [-0.3, -0.25) is 4.79 Å². The van der Waals surface area contributed by atoms with Crippen LogP contribution in [0.3, 0.4) is 0 Å². The van der Waals surface area contributed by atoms with Crippen LogP contribution in [0.25, 0.3) is 0 Å². The number of hydrogen-bond donors (Lipinski definition) is 1. The number of hydrogen-bond acceptors (Lipinski definition) is 1. The number of carbonyl (C=O) groups is 1. The van der Waals surface area contributed by atoms with Gasteiger partial charge in [-0.1, -0.05) is 41.9 Å². The fourth-order valence-corrected chi connectivity index (χ4v) is 3.36. The topological polar surface area (TPSA) is 37.3 Å². The van der Waals surface area contributed by atoms with Crippen molar-refractivity contribution in [1.29, 1.82) is 0 Å². The van der Waals surface area contributed by atoms with Crippen LogP contribution in [0.4, 0.5) is 0 Å². The Morgan fingerprint density at radius 2 is 2.00 bits per heavy atom. The summed E-state index contributed by atoms with van der Waals surface area (Å²) in [5, 5.41) is 9.47. The number of carboxylic acids is 1. The quantitative estimate of drug-likeness (QED) is 0.901. The summed E-state index contributed by atoms with van der Waals surface area (Å²) in [5.41, 5.74) is 1.17. The van der Waals surface area contributed by atoms with Gasteiger partial charge in [-0.2, -0.15) is 0 Å². The van der Waals surface area contributed by atoms with Crippen LogP contribution in [-0.2, 0) is 10.2 Å². The van der Waals surface area contributed by atoms with Crippen LogP contribution in [0.2, 0.25) is 0 Å². The van der Waals surface area contributed by atoms with Crippen molar-refractivity contribution in [3.8, 4) is 0 Å². The molecule has 0 saturated heterocycles. The fraction of sp³-hybridized carbons (Fsp3) is 0.462. The maximum absolute atomic E-state index is 11.5. The number of rotatable bonds is 2. The Bertz CT molecular complexity index is 465. The van der Waals surface area contributed by atoms with Gasteiger partial charge in [0.2, 0.25) is 0 Å². The molecular formula is C13H15BrO2. The number of aryl methyl sites for hydroxylation is 1. The summed E-state index contributed by atoms with van der Waals surface area (Å²) < 4.78 is 0.903.